The summed E-state index contributed by atoms with van der Waals surface area (Å²) in [5.74, 6) is -0.110. The van der Waals surface area contributed by atoms with Crippen molar-refractivity contribution in [2.24, 2.45) is 5.73 Å². The molecule has 1 saturated heterocycles. The zero-order chi connectivity index (χ0) is 17.1. The van der Waals surface area contributed by atoms with Crippen molar-refractivity contribution in [3.05, 3.63) is 64.1 Å². The first-order valence-electron chi connectivity index (χ1n) is 8.16. The van der Waals surface area contributed by atoms with Gasteiger partial charge in [0.1, 0.15) is 6.04 Å². The molecule has 1 aliphatic heterocycles. The van der Waals surface area contributed by atoms with Gasteiger partial charge < -0.3 is 16.0 Å². The Hall–Kier alpha value is -1.85. The van der Waals surface area contributed by atoms with E-state index in [0.29, 0.717) is 0 Å². The summed E-state index contributed by atoms with van der Waals surface area (Å²) in [6.07, 6.45) is 0.933. The van der Waals surface area contributed by atoms with Crippen molar-refractivity contribution in [1.29, 1.82) is 0 Å². The van der Waals surface area contributed by atoms with E-state index in [1.54, 1.807) is 0 Å². The lowest BCUT2D eigenvalue weighted by atomic mass is 10.0. The molecule has 126 valence electrons. The van der Waals surface area contributed by atoms with Crippen LogP contribution in [0.25, 0.3) is 0 Å². The van der Waals surface area contributed by atoms with E-state index < -0.39 is 6.04 Å². The topological polar surface area (TPSA) is 58.4 Å². The Morgan fingerprint density at radius 1 is 1.21 bits per heavy atom. The van der Waals surface area contributed by atoms with Gasteiger partial charge >= 0.3 is 0 Å². The zero-order valence-corrected chi connectivity index (χ0v) is 15.3. The fourth-order valence-corrected chi connectivity index (χ4v) is 3.24. The number of benzene rings is 2. The molecule has 1 fully saturated rings. The minimum absolute atomic E-state index is 0.110. The van der Waals surface area contributed by atoms with Crippen molar-refractivity contribution in [2.45, 2.75) is 25.4 Å². The molecule has 24 heavy (non-hydrogen) atoms. The van der Waals surface area contributed by atoms with E-state index in [1.807, 2.05) is 43.3 Å². The number of hydrogen-bond donors (Lipinski definition) is 2. The summed E-state index contributed by atoms with van der Waals surface area (Å²) in [5.41, 5.74) is 9.28. The Labute approximate surface area is 151 Å². The SMILES string of the molecule is Cc1ccc(C(N)C(=O)NC2CCN(c3ccc(Br)cc3)C2)cc1. The molecule has 2 atom stereocenters. The quantitative estimate of drug-likeness (QED) is 0.846. The van der Waals surface area contributed by atoms with E-state index in [4.69, 9.17) is 5.73 Å². The first kappa shape index (κ1) is 17.0. The number of nitrogens with one attached hydrogen (secondary N) is 1. The van der Waals surface area contributed by atoms with Gasteiger partial charge in [0.05, 0.1) is 0 Å². The molecular weight excluding hydrogens is 366 g/mol. The van der Waals surface area contributed by atoms with E-state index in [9.17, 15) is 4.79 Å². The highest BCUT2D eigenvalue weighted by atomic mass is 79.9. The lowest BCUT2D eigenvalue weighted by Gasteiger charge is -2.20. The molecule has 5 heteroatoms. The van der Waals surface area contributed by atoms with Gasteiger partial charge in [0.2, 0.25) is 5.91 Å². The molecule has 2 unspecified atom stereocenters. The standard InChI is InChI=1S/C19H22BrN3O/c1-13-2-4-14(5-3-13)18(21)19(24)22-16-10-11-23(12-16)17-8-6-15(20)7-9-17/h2-9,16,18H,10-12,21H2,1H3,(H,22,24). The molecule has 0 spiro atoms. The molecule has 0 saturated carbocycles. The van der Waals surface area contributed by atoms with Crippen LogP contribution in [0.2, 0.25) is 0 Å². The van der Waals surface area contributed by atoms with Gasteiger partial charge in [-0.25, -0.2) is 0 Å². The molecule has 0 aromatic heterocycles. The lowest BCUT2D eigenvalue weighted by Crippen LogP contribution is -2.42. The first-order valence-corrected chi connectivity index (χ1v) is 8.95. The van der Waals surface area contributed by atoms with E-state index in [1.165, 1.54) is 5.69 Å². The molecule has 0 bridgehead atoms. The van der Waals surface area contributed by atoms with Crippen LogP contribution in [0.15, 0.2) is 53.0 Å². The highest BCUT2D eigenvalue weighted by Gasteiger charge is 2.26. The molecule has 1 heterocycles. The average Bonchev–Trinajstić information content (AvgIpc) is 3.04. The van der Waals surface area contributed by atoms with E-state index >= 15 is 0 Å². The smallest absolute Gasteiger partial charge is 0.241 e. The Morgan fingerprint density at radius 3 is 2.54 bits per heavy atom. The molecule has 3 N–H and O–H groups in total. The highest BCUT2D eigenvalue weighted by Crippen LogP contribution is 2.23. The van der Waals surface area contributed by atoms with Crippen LogP contribution in [-0.4, -0.2) is 25.0 Å². The first-order chi connectivity index (χ1) is 11.5. The van der Waals surface area contributed by atoms with Gasteiger partial charge in [-0.3, -0.25) is 4.79 Å². The second kappa shape index (κ2) is 7.36. The summed E-state index contributed by atoms with van der Waals surface area (Å²) >= 11 is 3.45. The van der Waals surface area contributed by atoms with Gasteiger partial charge in [0.25, 0.3) is 0 Å². The van der Waals surface area contributed by atoms with Crippen LogP contribution in [0.5, 0.6) is 0 Å². The van der Waals surface area contributed by atoms with Gasteiger partial charge in [0.15, 0.2) is 0 Å². The molecule has 4 nitrogen and oxygen atoms in total. The lowest BCUT2D eigenvalue weighted by molar-refractivity contribution is -0.123. The molecule has 3 rings (SSSR count). The van der Waals surface area contributed by atoms with Gasteiger partial charge in [-0.15, -0.1) is 0 Å². The van der Waals surface area contributed by atoms with Crippen molar-refractivity contribution in [3.8, 4) is 0 Å². The van der Waals surface area contributed by atoms with E-state index in [2.05, 4.69) is 38.3 Å². The predicted molar refractivity (Wildman–Crippen MR) is 101 cm³/mol. The van der Waals surface area contributed by atoms with Crippen LogP contribution in [0.1, 0.15) is 23.6 Å². The molecule has 0 radical (unpaired) electrons. The van der Waals surface area contributed by atoms with Gasteiger partial charge in [-0.05, 0) is 43.2 Å². The number of amides is 1. The van der Waals surface area contributed by atoms with Crippen LogP contribution < -0.4 is 16.0 Å². The number of aryl methyl sites for hydroxylation is 1. The Kier molecular flexibility index (Phi) is 5.21. The van der Waals surface area contributed by atoms with Gasteiger partial charge in [-0.2, -0.15) is 0 Å². The second-order valence-electron chi connectivity index (χ2n) is 6.30. The van der Waals surface area contributed by atoms with Gasteiger partial charge in [0, 0.05) is 29.3 Å². The molecule has 0 aliphatic carbocycles. The molecule has 1 amide bonds. The van der Waals surface area contributed by atoms with Crippen LogP contribution in [-0.2, 0) is 4.79 Å². The Morgan fingerprint density at radius 2 is 1.88 bits per heavy atom. The minimum Gasteiger partial charge on any atom is -0.369 e. The molecule has 2 aromatic carbocycles. The van der Waals surface area contributed by atoms with Crippen molar-refractivity contribution in [2.75, 3.05) is 18.0 Å². The second-order valence-corrected chi connectivity index (χ2v) is 7.22. The monoisotopic (exact) mass is 387 g/mol. The summed E-state index contributed by atoms with van der Waals surface area (Å²) in [6, 6.07) is 15.6. The average molecular weight is 388 g/mol. The number of hydrogen-bond acceptors (Lipinski definition) is 3. The maximum Gasteiger partial charge on any atom is 0.241 e. The van der Waals surface area contributed by atoms with Crippen LogP contribution in [0.4, 0.5) is 5.69 Å². The normalized spacial score (nSPS) is 18.5. The third-order valence-electron chi connectivity index (χ3n) is 4.45. The third kappa shape index (κ3) is 3.97. The van der Waals surface area contributed by atoms with Crippen molar-refractivity contribution in [1.82, 2.24) is 5.32 Å². The summed E-state index contributed by atoms with van der Waals surface area (Å²) in [5, 5.41) is 3.09. The molecule has 1 aliphatic rings. The fraction of sp³-hybridized carbons (Fsp3) is 0.316. The minimum atomic E-state index is -0.618. The predicted octanol–water partition coefficient (Wildman–Crippen LogP) is 3.15. The third-order valence-corrected chi connectivity index (χ3v) is 4.97. The maximum atomic E-state index is 12.4. The number of anilines is 1. The van der Waals surface area contributed by atoms with E-state index in [0.717, 1.165) is 35.1 Å². The Balaban J connectivity index is 1.57. The van der Waals surface area contributed by atoms with Crippen molar-refractivity contribution in [3.63, 3.8) is 0 Å². The number of nitrogens with zero attached hydrogens (tertiary/aromatic N) is 1. The summed E-state index contributed by atoms with van der Waals surface area (Å²) in [6.45, 7) is 3.77. The van der Waals surface area contributed by atoms with Gasteiger partial charge in [-0.1, -0.05) is 45.8 Å². The Bertz CT molecular complexity index is 700. The van der Waals surface area contributed by atoms with Crippen molar-refractivity contribution < 1.29 is 4.79 Å². The number of carbonyl (C=O) groups is 1. The number of nitrogens with two attached hydrogens (primary N) is 1. The number of carbonyl (C=O) groups excluding carboxylic acids is 1. The summed E-state index contributed by atoms with van der Waals surface area (Å²) < 4.78 is 1.07. The highest BCUT2D eigenvalue weighted by molar-refractivity contribution is 9.10. The van der Waals surface area contributed by atoms with E-state index in [-0.39, 0.29) is 11.9 Å². The summed E-state index contributed by atoms with van der Waals surface area (Å²) in [7, 11) is 0. The molecule has 2 aromatic rings. The maximum absolute atomic E-state index is 12.4. The van der Waals surface area contributed by atoms with Crippen molar-refractivity contribution >= 4 is 27.5 Å². The summed E-state index contributed by atoms with van der Waals surface area (Å²) in [4.78, 5) is 14.7. The number of rotatable bonds is 4. The molecular formula is C19H22BrN3O. The zero-order valence-electron chi connectivity index (χ0n) is 13.7. The fourth-order valence-electron chi connectivity index (χ4n) is 2.98. The number of halogens is 1. The van der Waals surface area contributed by atoms with Crippen LogP contribution in [0, 0.1) is 6.92 Å². The van der Waals surface area contributed by atoms with Crippen LogP contribution in [0.3, 0.4) is 0 Å². The largest absolute Gasteiger partial charge is 0.369 e. The van der Waals surface area contributed by atoms with Crippen LogP contribution >= 0.6 is 15.9 Å².